The summed E-state index contributed by atoms with van der Waals surface area (Å²) in [5, 5.41) is 9.65. The van der Waals surface area contributed by atoms with Crippen molar-refractivity contribution in [3.8, 4) is 5.75 Å². The summed E-state index contributed by atoms with van der Waals surface area (Å²) in [6, 6.07) is 5.09. The summed E-state index contributed by atoms with van der Waals surface area (Å²) >= 11 is 0. The molecule has 5 N–H and O–H groups in total. The standard InChI is InChI=1S/C14H19N3O3/c15-13(19)7-17(8-14(16)20)12-3-1-2-9-4-5-10(18)6-11(9)12/h4-6,12,18H,1-3,7-8H2,(H2,15,19)(H2,16,20). The maximum absolute atomic E-state index is 11.2. The zero-order valence-electron chi connectivity index (χ0n) is 11.2. The van der Waals surface area contributed by atoms with E-state index >= 15 is 0 Å². The predicted octanol–water partition coefficient (Wildman–Crippen LogP) is 0.0422. The summed E-state index contributed by atoms with van der Waals surface area (Å²) in [5.41, 5.74) is 12.6. The molecular formula is C14H19N3O3. The molecule has 0 aliphatic heterocycles. The Kier molecular flexibility index (Phi) is 4.24. The Balaban J connectivity index is 2.32. The van der Waals surface area contributed by atoms with Crippen molar-refractivity contribution in [3.05, 3.63) is 29.3 Å². The average molecular weight is 277 g/mol. The number of hydrogen-bond acceptors (Lipinski definition) is 4. The molecule has 1 aliphatic carbocycles. The van der Waals surface area contributed by atoms with E-state index in [4.69, 9.17) is 11.5 Å². The molecule has 1 aliphatic rings. The van der Waals surface area contributed by atoms with Gasteiger partial charge in [0.15, 0.2) is 0 Å². The number of aryl methyl sites for hydroxylation is 1. The van der Waals surface area contributed by atoms with Gasteiger partial charge in [0.25, 0.3) is 0 Å². The first-order chi connectivity index (χ1) is 9.47. The molecule has 1 unspecified atom stereocenters. The minimum Gasteiger partial charge on any atom is -0.508 e. The van der Waals surface area contributed by atoms with E-state index in [1.807, 2.05) is 6.07 Å². The van der Waals surface area contributed by atoms with Crippen LogP contribution in [0.2, 0.25) is 0 Å². The Bertz CT molecular complexity index is 514. The summed E-state index contributed by atoms with van der Waals surface area (Å²) < 4.78 is 0. The van der Waals surface area contributed by atoms with Crippen LogP contribution in [0.25, 0.3) is 0 Å². The van der Waals surface area contributed by atoms with E-state index in [-0.39, 0.29) is 24.9 Å². The lowest BCUT2D eigenvalue weighted by atomic mass is 9.86. The second-order valence-electron chi connectivity index (χ2n) is 5.13. The number of hydrogen-bond donors (Lipinski definition) is 3. The number of nitrogens with two attached hydrogens (primary N) is 2. The highest BCUT2D eigenvalue weighted by Crippen LogP contribution is 2.35. The number of amides is 2. The molecule has 0 saturated heterocycles. The quantitative estimate of drug-likeness (QED) is 0.706. The highest BCUT2D eigenvalue weighted by Gasteiger charge is 2.28. The van der Waals surface area contributed by atoms with Gasteiger partial charge in [-0.15, -0.1) is 0 Å². The summed E-state index contributed by atoms with van der Waals surface area (Å²) in [5.74, 6) is -0.828. The van der Waals surface area contributed by atoms with E-state index in [1.165, 1.54) is 0 Å². The van der Waals surface area contributed by atoms with Gasteiger partial charge in [0.1, 0.15) is 5.75 Å². The molecule has 2 amide bonds. The smallest absolute Gasteiger partial charge is 0.231 e. The van der Waals surface area contributed by atoms with Crippen LogP contribution in [0, 0.1) is 0 Å². The van der Waals surface area contributed by atoms with Gasteiger partial charge in [-0.25, -0.2) is 0 Å². The Morgan fingerprint density at radius 1 is 1.25 bits per heavy atom. The highest BCUT2D eigenvalue weighted by atomic mass is 16.3. The van der Waals surface area contributed by atoms with Crippen LogP contribution in [0.5, 0.6) is 5.75 Å². The fourth-order valence-corrected chi connectivity index (χ4v) is 2.82. The first-order valence-electron chi connectivity index (χ1n) is 6.60. The van der Waals surface area contributed by atoms with Crippen molar-refractivity contribution < 1.29 is 14.7 Å². The van der Waals surface area contributed by atoms with Crippen molar-refractivity contribution in [3.63, 3.8) is 0 Å². The first kappa shape index (κ1) is 14.3. The highest BCUT2D eigenvalue weighted by molar-refractivity contribution is 5.79. The van der Waals surface area contributed by atoms with Gasteiger partial charge in [-0.3, -0.25) is 14.5 Å². The van der Waals surface area contributed by atoms with Crippen LogP contribution in [0.4, 0.5) is 0 Å². The van der Waals surface area contributed by atoms with Gasteiger partial charge in [0.2, 0.25) is 11.8 Å². The second kappa shape index (κ2) is 5.92. The van der Waals surface area contributed by atoms with Gasteiger partial charge in [-0.2, -0.15) is 0 Å². The number of benzene rings is 1. The van der Waals surface area contributed by atoms with Crippen LogP contribution in [0.1, 0.15) is 30.0 Å². The lowest BCUT2D eigenvalue weighted by Crippen LogP contribution is -2.42. The largest absolute Gasteiger partial charge is 0.508 e. The Morgan fingerprint density at radius 3 is 2.50 bits per heavy atom. The van der Waals surface area contributed by atoms with Crippen molar-refractivity contribution in [1.82, 2.24) is 4.90 Å². The monoisotopic (exact) mass is 277 g/mol. The van der Waals surface area contributed by atoms with Crippen molar-refractivity contribution in [2.24, 2.45) is 11.5 Å². The van der Waals surface area contributed by atoms with E-state index < -0.39 is 11.8 Å². The van der Waals surface area contributed by atoms with Crippen molar-refractivity contribution in [2.45, 2.75) is 25.3 Å². The fraction of sp³-hybridized carbons (Fsp3) is 0.429. The molecule has 0 spiro atoms. The lowest BCUT2D eigenvalue weighted by molar-refractivity contribution is -0.123. The third-order valence-corrected chi connectivity index (χ3v) is 3.57. The first-order valence-corrected chi connectivity index (χ1v) is 6.60. The van der Waals surface area contributed by atoms with E-state index in [2.05, 4.69) is 0 Å². The zero-order valence-corrected chi connectivity index (χ0v) is 11.2. The lowest BCUT2D eigenvalue weighted by Gasteiger charge is -2.34. The number of phenolic OH excluding ortho intramolecular Hbond substituents is 1. The summed E-state index contributed by atoms with van der Waals surface area (Å²) in [6.45, 7) is -0.0502. The van der Waals surface area contributed by atoms with Crippen LogP contribution in [0.15, 0.2) is 18.2 Å². The second-order valence-corrected chi connectivity index (χ2v) is 5.13. The van der Waals surface area contributed by atoms with E-state index in [1.54, 1.807) is 17.0 Å². The van der Waals surface area contributed by atoms with Gasteiger partial charge >= 0.3 is 0 Å². The van der Waals surface area contributed by atoms with Gasteiger partial charge in [-0.05, 0) is 42.5 Å². The molecule has 6 heteroatoms. The Morgan fingerprint density at radius 2 is 1.90 bits per heavy atom. The summed E-state index contributed by atoms with van der Waals surface area (Å²) in [7, 11) is 0. The van der Waals surface area contributed by atoms with Crippen LogP contribution >= 0.6 is 0 Å². The van der Waals surface area contributed by atoms with Crippen molar-refractivity contribution in [2.75, 3.05) is 13.1 Å². The number of fused-ring (bicyclic) bond motifs is 1. The van der Waals surface area contributed by atoms with Crippen molar-refractivity contribution >= 4 is 11.8 Å². The van der Waals surface area contributed by atoms with Crippen molar-refractivity contribution in [1.29, 1.82) is 0 Å². The van der Waals surface area contributed by atoms with E-state index in [0.29, 0.717) is 0 Å². The zero-order chi connectivity index (χ0) is 14.7. The van der Waals surface area contributed by atoms with Gasteiger partial charge < -0.3 is 16.6 Å². The molecule has 0 heterocycles. The number of rotatable bonds is 5. The molecule has 108 valence electrons. The summed E-state index contributed by atoms with van der Waals surface area (Å²) in [4.78, 5) is 24.1. The minimum absolute atomic E-state index is 0.0251. The topological polar surface area (TPSA) is 110 Å². The Labute approximate surface area is 117 Å². The number of aromatic hydroxyl groups is 1. The molecule has 1 aromatic carbocycles. The molecule has 6 nitrogen and oxygen atoms in total. The van der Waals surface area contributed by atoms with Crippen LogP contribution < -0.4 is 11.5 Å². The average Bonchev–Trinajstić information content (AvgIpc) is 2.36. The molecule has 0 aromatic heterocycles. The third kappa shape index (κ3) is 3.27. The molecule has 0 saturated carbocycles. The molecular weight excluding hydrogens is 258 g/mol. The molecule has 0 bridgehead atoms. The number of carbonyl (C=O) groups excluding carboxylic acids is 2. The molecule has 0 radical (unpaired) electrons. The van der Waals surface area contributed by atoms with Gasteiger partial charge in [-0.1, -0.05) is 6.07 Å². The van der Waals surface area contributed by atoms with Crippen LogP contribution in [-0.2, 0) is 16.0 Å². The van der Waals surface area contributed by atoms with Gasteiger partial charge in [0.05, 0.1) is 13.1 Å². The number of nitrogens with zero attached hydrogens (tertiary/aromatic N) is 1. The van der Waals surface area contributed by atoms with E-state index in [0.717, 1.165) is 30.4 Å². The normalized spacial score (nSPS) is 17.8. The predicted molar refractivity (Wildman–Crippen MR) is 73.7 cm³/mol. The Hall–Kier alpha value is -2.08. The molecule has 1 aromatic rings. The van der Waals surface area contributed by atoms with Crippen LogP contribution in [-0.4, -0.2) is 34.9 Å². The fourth-order valence-electron chi connectivity index (χ4n) is 2.82. The third-order valence-electron chi connectivity index (χ3n) is 3.57. The maximum atomic E-state index is 11.2. The number of primary amides is 2. The molecule has 0 fully saturated rings. The molecule has 20 heavy (non-hydrogen) atoms. The molecule has 1 atom stereocenters. The molecule has 2 rings (SSSR count). The number of carbonyl (C=O) groups is 2. The maximum Gasteiger partial charge on any atom is 0.231 e. The minimum atomic E-state index is -0.501. The van der Waals surface area contributed by atoms with Crippen LogP contribution in [0.3, 0.4) is 0 Å². The number of phenols is 1. The summed E-state index contributed by atoms with van der Waals surface area (Å²) in [6.07, 6.45) is 2.68. The van der Waals surface area contributed by atoms with E-state index in [9.17, 15) is 14.7 Å². The SMILES string of the molecule is NC(=O)CN(CC(N)=O)C1CCCc2ccc(O)cc21. The van der Waals surface area contributed by atoms with Gasteiger partial charge in [0, 0.05) is 6.04 Å².